The molecule has 3 aromatic carbocycles. The first-order chi connectivity index (χ1) is 23.2. The highest BCUT2D eigenvalue weighted by molar-refractivity contribution is 6.22. The molecule has 1 aromatic heterocycles. The number of nitrogens with one attached hydrogen (secondary N) is 1. The molecule has 0 spiro atoms. The number of alkyl halides is 1. The van der Waals surface area contributed by atoms with Crippen molar-refractivity contribution < 1.29 is 44.2 Å². The zero-order valence-electron chi connectivity index (χ0n) is 26.5. The number of amides is 1. The van der Waals surface area contributed by atoms with Crippen LogP contribution in [0.3, 0.4) is 0 Å². The van der Waals surface area contributed by atoms with E-state index in [-0.39, 0.29) is 17.2 Å². The zero-order valence-corrected chi connectivity index (χ0v) is 27.3. The summed E-state index contributed by atoms with van der Waals surface area (Å²) in [7, 11) is 0. The van der Waals surface area contributed by atoms with Gasteiger partial charge in [-0.1, -0.05) is 24.3 Å². The molecule has 13 heteroatoms. The number of hydrogen-bond acceptors (Lipinski definition) is 10. The molecule has 2 saturated heterocycles. The minimum absolute atomic E-state index is 0.187. The number of carbonyl (C=O) groups excluding carboxylic acids is 1. The van der Waals surface area contributed by atoms with E-state index in [0.29, 0.717) is 35.7 Å². The molecule has 0 radical (unpaired) electrons. The van der Waals surface area contributed by atoms with Gasteiger partial charge in [0.1, 0.15) is 48.2 Å². The van der Waals surface area contributed by atoms with Crippen molar-refractivity contribution in [3.05, 3.63) is 65.9 Å². The van der Waals surface area contributed by atoms with Gasteiger partial charge in [0.25, 0.3) is 5.91 Å². The van der Waals surface area contributed by atoms with E-state index < -0.39 is 37.3 Å². The van der Waals surface area contributed by atoms with E-state index in [1.54, 1.807) is 11.0 Å². The van der Waals surface area contributed by atoms with Crippen molar-refractivity contribution in [1.29, 1.82) is 0 Å². The molecule has 3 aliphatic heterocycles. The molecule has 4 heterocycles. The number of aliphatic hydroxyl groups excluding tert-OH is 4. The van der Waals surface area contributed by atoms with Crippen LogP contribution in [0.25, 0.3) is 21.7 Å². The van der Waals surface area contributed by atoms with Crippen LogP contribution in [0.15, 0.2) is 54.6 Å². The van der Waals surface area contributed by atoms with Gasteiger partial charge in [-0.25, -0.2) is 0 Å². The Kier molecular flexibility index (Phi) is 9.51. The Morgan fingerprint density at radius 2 is 1.81 bits per heavy atom. The fourth-order valence-corrected chi connectivity index (χ4v) is 7.09. The number of fused-ring (bicyclic) bond motifs is 4. The smallest absolute Gasteiger partial charge is 0.274 e. The first-order valence-corrected chi connectivity index (χ1v) is 16.7. The van der Waals surface area contributed by atoms with E-state index in [1.807, 2.05) is 55.5 Å². The molecular formula is C35H40ClN3O9. The minimum Gasteiger partial charge on any atom is -0.492 e. The van der Waals surface area contributed by atoms with Crippen molar-refractivity contribution in [2.24, 2.45) is 0 Å². The van der Waals surface area contributed by atoms with Crippen molar-refractivity contribution in [3.63, 3.8) is 0 Å². The molecule has 0 aliphatic carbocycles. The number of aromatic amines is 1. The van der Waals surface area contributed by atoms with Crippen LogP contribution in [0.5, 0.6) is 11.5 Å². The molecule has 256 valence electrons. The van der Waals surface area contributed by atoms with Gasteiger partial charge in [-0.3, -0.25) is 9.69 Å². The topological polar surface area (TPSA) is 157 Å². The lowest BCUT2D eigenvalue weighted by molar-refractivity contribution is -0.277. The third kappa shape index (κ3) is 6.23. The molecule has 0 bridgehead atoms. The Morgan fingerprint density at radius 1 is 1.04 bits per heavy atom. The summed E-state index contributed by atoms with van der Waals surface area (Å²) in [6, 6.07) is 16.8. The third-order valence-corrected chi connectivity index (χ3v) is 9.87. The largest absolute Gasteiger partial charge is 0.492 e. The van der Waals surface area contributed by atoms with Gasteiger partial charge in [0.2, 0.25) is 6.29 Å². The van der Waals surface area contributed by atoms with E-state index in [4.69, 9.17) is 30.5 Å². The van der Waals surface area contributed by atoms with Crippen molar-refractivity contribution in [3.8, 4) is 11.5 Å². The zero-order chi connectivity index (χ0) is 33.5. The second-order valence-electron chi connectivity index (χ2n) is 12.6. The van der Waals surface area contributed by atoms with Gasteiger partial charge < -0.3 is 49.3 Å². The van der Waals surface area contributed by atoms with Crippen molar-refractivity contribution in [2.45, 2.75) is 48.9 Å². The highest BCUT2D eigenvalue weighted by Crippen LogP contribution is 2.48. The van der Waals surface area contributed by atoms with Crippen molar-refractivity contribution in [1.82, 2.24) is 9.88 Å². The number of halogens is 1. The van der Waals surface area contributed by atoms with Crippen LogP contribution in [-0.4, -0.2) is 125 Å². The maximum atomic E-state index is 14.2. The average molecular weight is 682 g/mol. The molecule has 7 atom stereocenters. The van der Waals surface area contributed by atoms with E-state index in [1.165, 1.54) is 0 Å². The van der Waals surface area contributed by atoms with Crippen LogP contribution >= 0.6 is 11.6 Å². The predicted molar refractivity (Wildman–Crippen MR) is 179 cm³/mol. The Bertz CT molecular complexity index is 1780. The summed E-state index contributed by atoms with van der Waals surface area (Å²) < 4.78 is 23.3. The molecule has 3 aliphatic rings. The highest BCUT2D eigenvalue weighted by Gasteiger charge is 2.45. The molecule has 5 N–H and O–H groups in total. The Labute approximate surface area is 282 Å². The van der Waals surface area contributed by atoms with Gasteiger partial charge in [-0.2, -0.15) is 0 Å². The van der Waals surface area contributed by atoms with Crippen LogP contribution in [0.2, 0.25) is 0 Å². The standard InChI is InChI=1S/C35H40ClN3O9/c1-19(36)24-17-39(34(44)26-15-20-14-21(6-7-25(20)37-26)46-13-10-38-8-11-45-12-9-38)27-16-28(22-4-2-3-5-23(22)30(24)27)47-35-33(43)32(42)31(41)29(18-40)48-35/h2-7,14-16,19,24,29,31-33,35,37,40-43H,8-13,17-18H2,1H3/t19-,24+,29?,31+,32+,33?,35-/m1/s1. The molecular weight excluding hydrogens is 642 g/mol. The minimum atomic E-state index is -1.60. The predicted octanol–water partition coefficient (Wildman–Crippen LogP) is 2.58. The first-order valence-electron chi connectivity index (χ1n) is 16.3. The monoisotopic (exact) mass is 681 g/mol. The molecule has 4 aromatic rings. The molecule has 1 amide bonds. The van der Waals surface area contributed by atoms with E-state index in [9.17, 15) is 25.2 Å². The van der Waals surface area contributed by atoms with E-state index in [0.717, 1.165) is 60.5 Å². The summed E-state index contributed by atoms with van der Waals surface area (Å²) >= 11 is 6.75. The Morgan fingerprint density at radius 3 is 2.56 bits per heavy atom. The number of nitrogens with zero attached hydrogens (tertiary/aromatic N) is 2. The fourth-order valence-electron chi connectivity index (χ4n) is 6.88. The number of benzene rings is 3. The fraction of sp³-hybridized carbons (Fsp3) is 0.457. The second-order valence-corrected chi connectivity index (χ2v) is 13.3. The third-order valence-electron chi connectivity index (χ3n) is 9.56. The molecule has 48 heavy (non-hydrogen) atoms. The summed E-state index contributed by atoms with van der Waals surface area (Å²) in [6.07, 6.45) is -7.24. The normalized spacial score (nSPS) is 26.9. The highest BCUT2D eigenvalue weighted by atomic mass is 35.5. The lowest BCUT2D eigenvalue weighted by Crippen LogP contribution is -2.60. The quantitative estimate of drug-likeness (QED) is 0.166. The van der Waals surface area contributed by atoms with E-state index >= 15 is 0 Å². The van der Waals surface area contributed by atoms with E-state index in [2.05, 4.69) is 9.88 Å². The summed E-state index contributed by atoms with van der Waals surface area (Å²) in [5, 5.41) is 43.1. The number of rotatable bonds is 9. The first kappa shape index (κ1) is 33.1. The summed E-state index contributed by atoms with van der Waals surface area (Å²) in [6.45, 7) is 6.27. The van der Waals surface area contributed by atoms with Gasteiger partial charge in [-0.05, 0) is 42.1 Å². The lowest BCUT2D eigenvalue weighted by atomic mass is 9.92. The molecule has 0 saturated carbocycles. The number of aliphatic hydroxyl groups is 4. The number of aromatic nitrogens is 1. The van der Waals surface area contributed by atoms with Crippen LogP contribution in [0, 0.1) is 0 Å². The Hall–Kier alpha value is -3.46. The summed E-state index contributed by atoms with van der Waals surface area (Å²) in [5.41, 5.74) is 2.69. The maximum absolute atomic E-state index is 14.2. The number of morpholine rings is 1. The SMILES string of the molecule is C[C@@H](Cl)[C@@H]1CN(C(=O)c2cc3cc(OCCN4CCOCC4)ccc3[nH]2)c2cc(O[C@@H]3OC(CO)[C@H](O)[C@H](O)C3O)c3ccccc3c21. The summed E-state index contributed by atoms with van der Waals surface area (Å²) in [5.74, 6) is 0.575. The number of ether oxygens (including phenoxy) is 4. The number of carbonyl (C=O) groups is 1. The number of hydrogen-bond donors (Lipinski definition) is 5. The van der Waals surface area contributed by atoms with Gasteiger partial charge in [0, 0.05) is 59.8 Å². The molecule has 7 rings (SSSR count). The Balaban J connectivity index is 1.18. The van der Waals surface area contributed by atoms with Crippen LogP contribution in [0.4, 0.5) is 5.69 Å². The van der Waals surface area contributed by atoms with Gasteiger partial charge in [-0.15, -0.1) is 11.6 Å². The lowest BCUT2D eigenvalue weighted by Gasteiger charge is -2.39. The summed E-state index contributed by atoms with van der Waals surface area (Å²) in [4.78, 5) is 21.5. The van der Waals surface area contributed by atoms with Crippen LogP contribution in [0.1, 0.15) is 28.9 Å². The second kappa shape index (κ2) is 13.8. The molecule has 2 fully saturated rings. The average Bonchev–Trinajstić information content (AvgIpc) is 3.71. The van der Waals surface area contributed by atoms with Gasteiger partial charge >= 0.3 is 0 Å². The van der Waals surface area contributed by atoms with Crippen molar-refractivity contribution >= 4 is 44.9 Å². The van der Waals surface area contributed by atoms with Crippen LogP contribution < -0.4 is 14.4 Å². The molecule has 2 unspecified atom stereocenters. The maximum Gasteiger partial charge on any atom is 0.274 e. The number of H-pyrrole nitrogens is 1. The number of anilines is 1. The van der Waals surface area contributed by atoms with Crippen LogP contribution in [-0.2, 0) is 9.47 Å². The van der Waals surface area contributed by atoms with Gasteiger partial charge in [0.15, 0.2) is 0 Å². The molecule has 12 nitrogen and oxygen atoms in total. The van der Waals surface area contributed by atoms with Crippen molar-refractivity contribution in [2.75, 3.05) is 57.5 Å². The van der Waals surface area contributed by atoms with Gasteiger partial charge in [0.05, 0.1) is 25.5 Å².